The lowest BCUT2D eigenvalue weighted by atomic mass is 10.2. The van der Waals surface area contributed by atoms with Crippen molar-refractivity contribution < 1.29 is 9.47 Å². The quantitative estimate of drug-likeness (QED) is 0.406. The molecule has 0 saturated heterocycles. The maximum absolute atomic E-state index is 6.02. The monoisotopic (exact) mass is 391 g/mol. The van der Waals surface area contributed by atoms with Gasteiger partial charge in [-0.15, -0.1) is 0 Å². The minimum atomic E-state index is 0.0473. The third-order valence-electron chi connectivity index (χ3n) is 4.69. The molecule has 5 heteroatoms. The predicted octanol–water partition coefficient (Wildman–Crippen LogP) is 5.97. The molecule has 0 amide bonds. The lowest BCUT2D eigenvalue weighted by molar-refractivity contribution is 0.199. The van der Waals surface area contributed by atoms with E-state index in [0.29, 0.717) is 17.4 Å². The van der Waals surface area contributed by atoms with Gasteiger partial charge in [-0.25, -0.2) is 9.97 Å². The summed E-state index contributed by atoms with van der Waals surface area (Å²) in [4.78, 5) is 10.0. The van der Waals surface area contributed by atoms with Crippen LogP contribution in [0.5, 0.6) is 11.5 Å². The van der Waals surface area contributed by atoms with Crippen LogP contribution in [0.25, 0.3) is 33.1 Å². The Labute approximate surface area is 171 Å². The lowest BCUT2D eigenvalue weighted by Gasteiger charge is -2.17. The summed E-state index contributed by atoms with van der Waals surface area (Å²) in [6.07, 6.45) is 0.0950. The van der Waals surface area contributed by atoms with Gasteiger partial charge in [0.15, 0.2) is 17.1 Å². The Morgan fingerprint density at radius 2 is 1.41 bits per heavy atom. The molecule has 0 fully saturated rings. The van der Waals surface area contributed by atoms with Crippen LogP contribution in [0.2, 0.25) is 0 Å². The van der Waals surface area contributed by atoms with Crippen LogP contribution in [0.15, 0.2) is 36.4 Å². The Kier molecular flexibility index (Phi) is 5.07. The maximum Gasteiger partial charge on any atom is 0.163 e. The number of aromatic nitrogens is 3. The SMILES string of the molecule is CC(C)Cn1c2ccccc2c2nc3cc(OC(C)C)c(OC(C)C)cc3nc21. The summed E-state index contributed by atoms with van der Waals surface area (Å²) in [5.41, 5.74) is 4.65. The van der Waals surface area contributed by atoms with Crippen molar-refractivity contribution in [2.45, 2.75) is 60.3 Å². The van der Waals surface area contributed by atoms with Crippen molar-refractivity contribution in [3.8, 4) is 11.5 Å². The summed E-state index contributed by atoms with van der Waals surface area (Å²) in [7, 11) is 0. The Bertz CT molecular complexity index is 1180. The summed E-state index contributed by atoms with van der Waals surface area (Å²) in [5.74, 6) is 1.93. The molecule has 0 spiro atoms. The highest BCUT2D eigenvalue weighted by molar-refractivity contribution is 6.06. The van der Waals surface area contributed by atoms with Crippen LogP contribution >= 0.6 is 0 Å². The molecule has 5 nitrogen and oxygen atoms in total. The normalized spacial score (nSPS) is 12.2. The molecule has 0 unspecified atom stereocenters. The van der Waals surface area contributed by atoms with E-state index in [1.807, 2.05) is 39.8 Å². The minimum absolute atomic E-state index is 0.0473. The van der Waals surface area contributed by atoms with Crippen molar-refractivity contribution in [2.75, 3.05) is 0 Å². The van der Waals surface area contributed by atoms with Crippen molar-refractivity contribution >= 4 is 33.1 Å². The van der Waals surface area contributed by atoms with Crippen LogP contribution in [0.1, 0.15) is 41.5 Å². The van der Waals surface area contributed by atoms with Gasteiger partial charge in [0, 0.05) is 24.1 Å². The molecule has 152 valence electrons. The second kappa shape index (κ2) is 7.54. The number of hydrogen-bond acceptors (Lipinski definition) is 4. The van der Waals surface area contributed by atoms with Crippen molar-refractivity contribution in [1.29, 1.82) is 0 Å². The van der Waals surface area contributed by atoms with Crippen LogP contribution in [-0.2, 0) is 6.54 Å². The number of nitrogens with zero attached hydrogens (tertiary/aromatic N) is 3. The molecule has 29 heavy (non-hydrogen) atoms. The highest BCUT2D eigenvalue weighted by Crippen LogP contribution is 2.35. The van der Waals surface area contributed by atoms with Gasteiger partial charge in [0.2, 0.25) is 0 Å². The summed E-state index contributed by atoms with van der Waals surface area (Å²) in [5, 5.41) is 1.13. The van der Waals surface area contributed by atoms with Crippen molar-refractivity contribution in [1.82, 2.24) is 14.5 Å². The first-order valence-electron chi connectivity index (χ1n) is 10.4. The van der Waals surface area contributed by atoms with Gasteiger partial charge in [0.05, 0.1) is 28.8 Å². The van der Waals surface area contributed by atoms with Gasteiger partial charge in [-0.3, -0.25) is 0 Å². The fraction of sp³-hybridized carbons (Fsp3) is 0.417. The Hall–Kier alpha value is -2.82. The summed E-state index contributed by atoms with van der Waals surface area (Å²) < 4.78 is 14.3. The highest BCUT2D eigenvalue weighted by atomic mass is 16.5. The fourth-order valence-corrected chi connectivity index (χ4v) is 3.69. The molecule has 0 bridgehead atoms. The molecule has 0 N–H and O–H groups in total. The van der Waals surface area contributed by atoms with E-state index in [1.165, 1.54) is 5.52 Å². The maximum atomic E-state index is 6.02. The third-order valence-corrected chi connectivity index (χ3v) is 4.69. The van der Waals surface area contributed by atoms with Gasteiger partial charge in [0.1, 0.15) is 5.52 Å². The number of ether oxygens (including phenoxy) is 2. The zero-order valence-corrected chi connectivity index (χ0v) is 18.1. The molecule has 0 aliphatic heterocycles. The summed E-state index contributed by atoms with van der Waals surface area (Å²) in [6.45, 7) is 13.4. The zero-order valence-electron chi connectivity index (χ0n) is 18.1. The average molecular weight is 392 g/mol. The number of para-hydroxylation sites is 1. The van der Waals surface area contributed by atoms with E-state index >= 15 is 0 Å². The second-order valence-corrected chi connectivity index (χ2v) is 8.54. The predicted molar refractivity (Wildman–Crippen MR) is 119 cm³/mol. The first-order chi connectivity index (χ1) is 13.8. The van der Waals surface area contributed by atoms with E-state index in [-0.39, 0.29) is 12.2 Å². The van der Waals surface area contributed by atoms with Crippen LogP contribution in [0, 0.1) is 5.92 Å². The van der Waals surface area contributed by atoms with Crippen LogP contribution in [-0.4, -0.2) is 26.7 Å². The number of hydrogen-bond donors (Lipinski definition) is 0. The fourth-order valence-electron chi connectivity index (χ4n) is 3.69. The van der Waals surface area contributed by atoms with Crippen molar-refractivity contribution in [3.05, 3.63) is 36.4 Å². The summed E-state index contributed by atoms with van der Waals surface area (Å²) in [6, 6.07) is 12.3. The Morgan fingerprint density at radius 1 is 0.828 bits per heavy atom. The largest absolute Gasteiger partial charge is 0.487 e. The van der Waals surface area contributed by atoms with Gasteiger partial charge < -0.3 is 14.0 Å². The standard InChI is InChI=1S/C24H29N3O2/c1-14(2)13-27-20-10-8-7-9-17(20)23-24(27)26-19-12-22(29-16(5)6)21(28-15(3)4)11-18(19)25-23/h7-12,14-16H,13H2,1-6H3. The minimum Gasteiger partial charge on any atom is -0.487 e. The van der Waals surface area contributed by atoms with E-state index in [4.69, 9.17) is 19.4 Å². The molecule has 0 saturated carbocycles. The Balaban J connectivity index is 2.01. The molecule has 0 aliphatic carbocycles. The van der Waals surface area contributed by atoms with Crippen molar-refractivity contribution in [2.24, 2.45) is 5.92 Å². The molecule has 4 aromatic rings. The van der Waals surface area contributed by atoms with E-state index in [0.717, 1.165) is 34.1 Å². The number of fused-ring (bicyclic) bond motifs is 4. The first-order valence-corrected chi connectivity index (χ1v) is 10.4. The molecule has 4 rings (SSSR count). The molecular formula is C24H29N3O2. The molecule has 0 radical (unpaired) electrons. The molecule has 0 atom stereocenters. The Morgan fingerprint density at radius 3 is 2.00 bits per heavy atom. The number of rotatable bonds is 6. The third kappa shape index (κ3) is 3.74. The van der Waals surface area contributed by atoms with E-state index in [1.54, 1.807) is 0 Å². The molecule has 2 aromatic carbocycles. The molecule has 2 heterocycles. The van der Waals surface area contributed by atoms with Gasteiger partial charge in [-0.05, 0) is 39.7 Å². The van der Waals surface area contributed by atoms with Crippen LogP contribution in [0.4, 0.5) is 0 Å². The average Bonchev–Trinajstić information content (AvgIpc) is 2.92. The number of benzene rings is 2. The summed E-state index contributed by atoms with van der Waals surface area (Å²) >= 11 is 0. The van der Waals surface area contributed by atoms with Gasteiger partial charge in [-0.2, -0.15) is 0 Å². The van der Waals surface area contributed by atoms with Gasteiger partial charge in [0.25, 0.3) is 0 Å². The molecular weight excluding hydrogens is 362 g/mol. The molecule has 0 aliphatic rings. The zero-order chi connectivity index (χ0) is 20.7. The molecule has 2 aromatic heterocycles. The smallest absolute Gasteiger partial charge is 0.163 e. The van der Waals surface area contributed by atoms with Crippen molar-refractivity contribution in [3.63, 3.8) is 0 Å². The van der Waals surface area contributed by atoms with Crippen LogP contribution < -0.4 is 9.47 Å². The topological polar surface area (TPSA) is 49.2 Å². The van der Waals surface area contributed by atoms with Crippen LogP contribution in [0.3, 0.4) is 0 Å². The van der Waals surface area contributed by atoms with Gasteiger partial charge >= 0.3 is 0 Å². The lowest BCUT2D eigenvalue weighted by Crippen LogP contribution is -2.11. The second-order valence-electron chi connectivity index (χ2n) is 8.54. The first kappa shape index (κ1) is 19.5. The van der Waals surface area contributed by atoms with E-state index in [2.05, 4.69) is 42.7 Å². The van der Waals surface area contributed by atoms with E-state index < -0.39 is 0 Å². The van der Waals surface area contributed by atoms with E-state index in [9.17, 15) is 0 Å². The van der Waals surface area contributed by atoms with Gasteiger partial charge in [-0.1, -0.05) is 32.0 Å². The highest BCUT2D eigenvalue weighted by Gasteiger charge is 2.18.